The molecule has 106 valence electrons. The van der Waals surface area contributed by atoms with Gasteiger partial charge in [0.05, 0.1) is 0 Å². The Morgan fingerprint density at radius 1 is 1.21 bits per heavy atom. The van der Waals surface area contributed by atoms with E-state index in [1.54, 1.807) is 0 Å². The van der Waals surface area contributed by atoms with Crippen LogP contribution in [-0.4, -0.2) is 37.6 Å². The Labute approximate surface area is 117 Å². The largest absolute Gasteiger partial charge is 0.399 e. The Balaban J connectivity index is 1.82. The quantitative estimate of drug-likeness (QED) is 0.827. The molecule has 0 aromatic heterocycles. The van der Waals surface area contributed by atoms with Crippen LogP contribution in [-0.2, 0) is 0 Å². The Morgan fingerprint density at radius 2 is 1.95 bits per heavy atom. The van der Waals surface area contributed by atoms with E-state index in [1.165, 1.54) is 38.2 Å². The molecule has 1 unspecified atom stereocenters. The lowest BCUT2D eigenvalue weighted by Crippen LogP contribution is -2.47. The van der Waals surface area contributed by atoms with Crippen molar-refractivity contribution < 1.29 is 0 Å². The number of hydrogen-bond acceptors (Lipinski definition) is 3. The molecule has 3 nitrogen and oxygen atoms in total. The zero-order chi connectivity index (χ0) is 13.7. The van der Waals surface area contributed by atoms with Crippen LogP contribution >= 0.6 is 0 Å². The minimum Gasteiger partial charge on any atom is -0.399 e. The number of nitrogens with two attached hydrogens (primary N) is 1. The lowest BCUT2D eigenvalue weighted by Gasteiger charge is -2.37. The molecular weight excluding hydrogens is 234 g/mol. The van der Waals surface area contributed by atoms with Crippen molar-refractivity contribution in [2.45, 2.75) is 26.7 Å². The molecule has 3 heteroatoms. The molecule has 0 aliphatic carbocycles. The normalized spacial score (nSPS) is 18.5. The third kappa shape index (κ3) is 4.13. The van der Waals surface area contributed by atoms with Crippen LogP contribution < -0.4 is 10.6 Å². The van der Waals surface area contributed by atoms with Crippen molar-refractivity contribution in [3.8, 4) is 0 Å². The van der Waals surface area contributed by atoms with Gasteiger partial charge in [-0.25, -0.2) is 0 Å². The third-order valence-corrected chi connectivity index (χ3v) is 3.96. The number of hydrogen-bond donors (Lipinski definition) is 1. The van der Waals surface area contributed by atoms with Gasteiger partial charge in [0, 0.05) is 44.1 Å². The minimum absolute atomic E-state index is 0.823. The molecule has 0 saturated carbocycles. The van der Waals surface area contributed by atoms with Crippen LogP contribution in [0.25, 0.3) is 0 Å². The summed E-state index contributed by atoms with van der Waals surface area (Å²) >= 11 is 0. The molecule has 1 aliphatic heterocycles. The molecule has 19 heavy (non-hydrogen) atoms. The molecule has 1 aromatic carbocycles. The summed E-state index contributed by atoms with van der Waals surface area (Å²) in [6, 6.07) is 8.23. The molecule has 1 aromatic rings. The van der Waals surface area contributed by atoms with E-state index in [2.05, 4.69) is 35.8 Å². The first-order valence-electron chi connectivity index (χ1n) is 7.52. The van der Waals surface area contributed by atoms with Crippen molar-refractivity contribution >= 4 is 11.4 Å². The second-order valence-electron chi connectivity index (χ2n) is 5.78. The lowest BCUT2D eigenvalue weighted by molar-refractivity contribution is 0.219. The van der Waals surface area contributed by atoms with Gasteiger partial charge < -0.3 is 10.6 Å². The van der Waals surface area contributed by atoms with Crippen LogP contribution in [0, 0.1) is 5.92 Å². The van der Waals surface area contributed by atoms with Gasteiger partial charge >= 0.3 is 0 Å². The monoisotopic (exact) mass is 261 g/mol. The summed E-state index contributed by atoms with van der Waals surface area (Å²) in [7, 11) is 0. The van der Waals surface area contributed by atoms with E-state index in [4.69, 9.17) is 5.73 Å². The van der Waals surface area contributed by atoms with Crippen molar-refractivity contribution in [3.05, 3.63) is 24.3 Å². The van der Waals surface area contributed by atoms with E-state index in [9.17, 15) is 0 Å². The highest BCUT2D eigenvalue weighted by molar-refractivity contribution is 5.56. The summed E-state index contributed by atoms with van der Waals surface area (Å²) in [5.41, 5.74) is 7.98. The topological polar surface area (TPSA) is 32.5 Å². The molecular formula is C16H27N3. The first-order chi connectivity index (χ1) is 9.19. The molecule has 2 rings (SSSR count). The van der Waals surface area contributed by atoms with Crippen molar-refractivity contribution in [2.75, 3.05) is 43.4 Å². The predicted molar refractivity (Wildman–Crippen MR) is 83.6 cm³/mol. The average molecular weight is 261 g/mol. The maximum Gasteiger partial charge on any atom is 0.0387 e. The fourth-order valence-corrected chi connectivity index (χ4v) is 2.93. The molecule has 0 spiro atoms. The van der Waals surface area contributed by atoms with Crippen LogP contribution in [0.2, 0.25) is 0 Å². The molecule has 0 bridgehead atoms. The van der Waals surface area contributed by atoms with E-state index >= 15 is 0 Å². The Morgan fingerprint density at radius 3 is 2.58 bits per heavy atom. The minimum atomic E-state index is 0.823. The van der Waals surface area contributed by atoms with Gasteiger partial charge in [0.15, 0.2) is 0 Å². The Hall–Kier alpha value is -1.22. The molecule has 1 heterocycles. The van der Waals surface area contributed by atoms with Crippen LogP contribution in [0.4, 0.5) is 11.4 Å². The van der Waals surface area contributed by atoms with Crippen molar-refractivity contribution in [3.63, 3.8) is 0 Å². The summed E-state index contributed by atoms with van der Waals surface area (Å²) in [5, 5.41) is 0. The van der Waals surface area contributed by atoms with E-state index in [1.807, 2.05) is 12.1 Å². The standard InChI is InChI=1S/C16H27N3/c1-3-5-14(2)13-18-8-10-19(11-9-18)16-7-4-6-15(17)12-16/h4,6-7,12,14H,3,5,8-11,13,17H2,1-2H3. The zero-order valence-corrected chi connectivity index (χ0v) is 12.3. The molecule has 0 amide bonds. The average Bonchev–Trinajstić information content (AvgIpc) is 2.40. The van der Waals surface area contributed by atoms with Crippen LogP contribution in [0.3, 0.4) is 0 Å². The van der Waals surface area contributed by atoms with Crippen LogP contribution in [0.15, 0.2) is 24.3 Å². The van der Waals surface area contributed by atoms with Gasteiger partial charge in [0.25, 0.3) is 0 Å². The van der Waals surface area contributed by atoms with Gasteiger partial charge in [0.2, 0.25) is 0 Å². The highest BCUT2D eigenvalue weighted by Crippen LogP contribution is 2.19. The van der Waals surface area contributed by atoms with Crippen molar-refractivity contribution in [1.82, 2.24) is 4.90 Å². The van der Waals surface area contributed by atoms with Crippen LogP contribution in [0.1, 0.15) is 26.7 Å². The van der Waals surface area contributed by atoms with Gasteiger partial charge in [-0.3, -0.25) is 4.90 Å². The number of nitrogen functional groups attached to an aromatic ring is 1. The Bertz CT molecular complexity index is 383. The van der Waals surface area contributed by atoms with Gasteiger partial charge in [-0.15, -0.1) is 0 Å². The third-order valence-electron chi connectivity index (χ3n) is 3.96. The summed E-state index contributed by atoms with van der Waals surface area (Å²) < 4.78 is 0. The van der Waals surface area contributed by atoms with Crippen molar-refractivity contribution in [1.29, 1.82) is 0 Å². The SMILES string of the molecule is CCCC(C)CN1CCN(c2cccc(N)c2)CC1. The number of anilines is 2. The second-order valence-corrected chi connectivity index (χ2v) is 5.78. The van der Waals surface area contributed by atoms with Gasteiger partial charge in [-0.05, 0) is 30.5 Å². The highest BCUT2D eigenvalue weighted by atomic mass is 15.3. The molecule has 1 saturated heterocycles. The maximum atomic E-state index is 5.85. The first kappa shape index (κ1) is 14.2. The highest BCUT2D eigenvalue weighted by Gasteiger charge is 2.18. The number of rotatable bonds is 5. The van der Waals surface area contributed by atoms with Gasteiger partial charge in [-0.1, -0.05) is 26.3 Å². The first-order valence-corrected chi connectivity index (χ1v) is 7.52. The zero-order valence-electron chi connectivity index (χ0n) is 12.3. The molecule has 2 N–H and O–H groups in total. The van der Waals surface area contributed by atoms with E-state index < -0.39 is 0 Å². The fourth-order valence-electron chi connectivity index (χ4n) is 2.93. The number of nitrogens with zero attached hydrogens (tertiary/aromatic N) is 2. The Kier molecular flexibility index (Phi) is 5.08. The van der Waals surface area contributed by atoms with E-state index in [-0.39, 0.29) is 0 Å². The molecule has 0 radical (unpaired) electrons. The summed E-state index contributed by atoms with van der Waals surface area (Å²) in [4.78, 5) is 5.04. The number of piperazine rings is 1. The maximum absolute atomic E-state index is 5.85. The smallest absolute Gasteiger partial charge is 0.0387 e. The van der Waals surface area contributed by atoms with E-state index in [0.29, 0.717) is 0 Å². The van der Waals surface area contributed by atoms with Gasteiger partial charge in [0.1, 0.15) is 0 Å². The molecule has 1 atom stereocenters. The second kappa shape index (κ2) is 6.80. The van der Waals surface area contributed by atoms with Gasteiger partial charge in [-0.2, -0.15) is 0 Å². The molecule has 1 aliphatic rings. The van der Waals surface area contributed by atoms with E-state index in [0.717, 1.165) is 24.7 Å². The summed E-state index contributed by atoms with van der Waals surface area (Å²) in [5.74, 6) is 0.823. The fraction of sp³-hybridized carbons (Fsp3) is 0.625. The number of benzene rings is 1. The summed E-state index contributed by atoms with van der Waals surface area (Å²) in [6.45, 7) is 10.5. The predicted octanol–water partition coefficient (Wildman–Crippen LogP) is 2.83. The lowest BCUT2D eigenvalue weighted by atomic mass is 10.1. The summed E-state index contributed by atoms with van der Waals surface area (Å²) in [6.07, 6.45) is 2.64. The molecule has 1 fully saturated rings. The van der Waals surface area contributed by atoms with Crippen molar-refractivity contribution in [2.24, 2.45) is 5.92 Å². The van der Waals surface area contributed by atoms with Crippen LogP contribution in [0.5, 0.6) is 0 Å².